The van der Waals surface area contributed by atoms with Crippen molar-refractivity contribution in [3.05, 3.63) is 36.4 Å². The van der Waals surface area contributed by atoms with Gasteiger partial charge in [0.25, 0.3) is 5.88 Å². The van der Waals surface area contributed by atoms with Gasteiger partial charge in [-0.2, -0.15) is 0 Å². The minimum Gasteiger partial charge on any atom is -0.484 e. The summed E-state index contributed by atoms with van der Waals surface area (Å²) in [7, 11) is 0. The van der Waals surface area contributed by atoms with Crippen molar-refractivity contribution < 1.29 is 9.47 Å². The average Bonchev–Trinajstić information content (AvgIpc) is 3.08. The first-order valence-corrected chi connectivity index (χ1v) is 8.03. The molecule has 24 heavy (non-hydrogen) atoms. The summed E-state index contributed by atoms with van der Waals surface area (Å²) >= 11 is 0. The summed E-state index contributed by atoms with van der Waals surface area (Å²) in [5, 5.41) is 4.46. The van der Waals surface area contributed by atoms with Gasteiger partial charge in [-0.3, -0.25) is 0 Å². The third kappa shape index (κ3) is 2.62. The summed E-state index contributed by atoms with van der Waals surface area (Å²) in [5.74, 6) is 2.35. The Bertz CT molecular complexity index is 861. The standard InChI is InChI=1S/C17H19N5O2/c1-10(2)14(12-3-4-13-17(21-12)24-8-7-23-13)22-16-11-5-6-18-15(11)19-9-20-16/h3-6,9-10,14H,7-8H2,1-2H3,(H2,18,19,20,22)/t14-/m1/s1. The van der Waals surface area contributed by atoms with Gasteiger partial charge in [0.05, 0.1) is 17.1 Å². The highest BCUT2D eigenvalue weighted by Crippen LogP contribution is 2.33. The van der Waals surface area contributed by atoms with E-state index in [0.29, 0.717) is 30.8 Å². The molecule has 0 aromatic carbocycles. The average molecular weight is 325 g/mol. The second-order valence-corrected chi connectivity index (χ2v) is 6.06. The van der Waals surface area contributed by atoms with Crippen LogP contribution >= 0.6 is 0 Å². The lowest BCUT2D eigenvalue weighted by molar-refractivity contribution is 0.163. The van der Waals surface area contributed by atoms with Gasteiger partial charge in [-0.1, -0.05) is 13.8 Å². The number of anilines is 1. The maximum absolute atomic E-state index is 5.61. The van der Waals surface area contributed by atoms with Crippen LogP contribution in [0.2, 0.25) is 0 Å². The van der Waals surface area contributed by atoms with E-state index in [1.165, 1.54) is 0 Å². The number of H-pyrrole nitrogens is 1. The predicted octanol–water partition coefficient (Wildman–Crippen LogP) is 2.93. The van der Waals surface area contributed by atoms with Crippen LogP contribution in [0.25, 0.3) is 11.0 Å². The molecule has 1 aliphatic heterocycles. The van der Waals surface area contributed by atoms with Crippen molar-refractivity contribution in [1.29, 1.82) is 0 Å². The van der Waals surface area contributed by atoms with Crippen LogP contribution in [-0.4, -0.2) is 33.1 Å². The minimum atomic E-state index is -0.00572. The third-order valence-electron chi connectivity index (χ3n) is 4.06. The number of ether oxygens (including phenoxy) is 2. The van der Waals surface area contributed by atoms with Crippen LogP contribution in [0.15, 0.2) is 30.7 Å². The van der Waals surface area contributed by atoms with Gasteiger partial charge in [-0.25, -0.2) is 15.0 Å². The Balaban J connectivity index is 1.69. The van der Waals surface area contributed by atoms with Crippen molar-refractivity contribution in [2.24, 2.45) is 5.92 Å². The van der Waals surface area contributed by atoms with Gasteiger partial charge in [-0.05, 0) is 24.1 Å². The van der Waals surface area contributed by atoms with Crippen LogP contribution in [0.3, 0.4) is 0 Å². The Morgan fingerprint density at radius 1 is 1.12 bits per heavy atom. The van der Waals surface area contributed by atoms with Gasteiger partial charge in [0.1, 0.15) is 31.0 Å². The third-order valence-corrected chi connectivity index (χ3v) is 4.06. The molecule has 4 rings (SSSR count). The number of nitrogens with zero attached hydrogens (tertiary/aromatic N) is 3. The zero-order chi connectivity index (χ0) is 16.5. The number of aromatic nitrogens is 4. The van der Waals surface area contributed by atoms with Gasteiger partial charge in [0.15, 0.2) is 5.75 Å². The van der Waals surface area contributed by atoms with Gasteiger partial charge >= 0.3 is 0 Å². The van der Waals surface area contributed by atoms with Crippen LogP contribution in [-0.2, 0) is 0 Å². The Labute approximate surface area is 139 Å². The largest absolute Gasteiger partial charge is 0.484 e. The lowest BCUT2D eigenvalue weighted by atomic mass is 10.00. The first kappa shape index (κ1) is 14.7. The lowest BCUT2D eigenvalue weighted by Gasteiger charge is -2.25. The summed E-state index contributed by atoms with van der Waals surface area (Å²) in [6.45, 7) is 5.38. The van der Waals surface area contributed by atoms with Gasteiger partial charge in [-0.15, -0.1) is 0 Å². The van der Waals surface area contributed by atoms with E-state index in [2.05, 4.69) is 39.1 Å². The Morgan fingerprint density at radius 3 is 2.88 bits per heavy atom. The summed E-state index contributed by atoms with van der Waals surface area (Å²) < 4.78 is 11.2. The van der Waals surface area contributed by atoms with Gasteiger partial charge in [0, 0.05) is 6.20 Å². The van der Waals surface area contributed by atoms with Gasteiger partial charge < -0.3 is 19.8 Å². The number of hydrogen-bond donors (Lipinski definition) is 2. The molecule has 0 amide bonds. The van der Waals surface area contributed by atoms with Crippen LogP contribution in [0.1, 0.15) is 25.6 Å². The molecular formula is C17H19N5O2. The first-order valence-electron chi connectivity index (χ1n) is 8.03. The van der Waals surface area contributed by atoms with Crippen molar-refractivity contribution in [2.75, 3.05) is 18.5 Å². The zero-order valence-corrected chi connectivity index (χ0v) is 13.6. The SMILES string of the molecule is CC(C)[C@@H](Nc1ncnc2[nH]ccc12)c1ccc2c(n1)OCCO2. The molecule has 7 nitrogen and oxygen atoms in total. The number of nitrogens with one attached hydrogen (secondary N) is 2. The molecule has 0 aliphatic carbocycles. The van der Waals surface area contributed by atoms with E-state index in [-0.39, 0.29) is 6.04 Å². The first-order chi connectivity index (χ1) is 11.7. The summed E-state index contributed by atoms with van der Waals surface area (Å²) in [6.07, 6.45) is 3.41. The zero-order valence-electron chi connectivity index (χ0n) is 13.6. The van der Waals surface area contributed by atoms with Crippen molar-refractivity contribution in [1.82, 2.24) is 19.9 Å². The quantitative estimate of drug-likeness (QED) is 0.767. The highest BCUT2D eigenvalue weighted by atomic mass is 16.6. The molecule has 0 bridgehead atoms. The summed E-state index contributed by atoms with van der Waals surface area (Å²) in [5.41, 5.74) is 1.71. The number of fused-ring (bicyclic) bond motifs is 2. The fraction of sp³-hybridized carbons (Fsp3) is 0.353. The second kappa shape index (κ2) is 5.99. The predicted molar refractivity (Wildman–Crippen MR) is 90.3 cm³/mol. The smallest absolute Gasteiger partial charge is 0.257 e. The Hall–Kier alpha value is -2.83. The molecular weight excluding hydrogens is 306 g/mol. The molecule has 1 atom stereocenters. The molecule has 3 aromatic heterocycles. The molecule has 7 heteroatoms. The van der Waals surface area contributed by atoms with Crippen LogP contribution in [0, 0.1) is 5.92 Å². The Kier molecular flexibility index (Phi) is 3.68. The number of aromatic amines is 1. The van der Waals surface area contributed by atoms with Crippen molar-refractivity contribution in [3.63, 3.8) is 0 Å². The molecule has 0 saturated carbocycles. The van der Waals surface area contributed by atoms with E-state index in [1.54, 1.807) is 6.33 Å². The summed E-state index contributed by atoms with van der Waals surface area (Å²) in [6, 6.07) is 5.85. The van der Waals surface area contributed by atoms with Crippen LogP contribution in [0.4, 0.5) is 5.82 Å². The van der Waals surface area contributed by atoms with Crippen molar-refractivity contribution in [3.8, 4) is 11.6 Å². The van der Waals surface area contributed by atoms with Crippen molar-refractivity contribution in [2.45, 2.75) is 19.9 Å². The molecule has 1 aliphatic rings. The van der Waals surface area contributed by atoms with E-state index >= 15 is 0 Å². The molecule has 0 unspecified atom stereocenters. The molecule has 3 aromatic rings. The Morgan fingerprint density at radius 2 is 2.00 bits per heavy atom. The van der Waals surface area contributed by atoms with Gasteiger partial charge in [0.2, 0.25) is 0 Å². The van der Waals surface area contributed by atoms with Crippen molar-refractivity contribution >= 4 is 16.9 Å². The number of hydrogen-bond acceptors (Lipinski definition) is 6. The minimum absolute atomic E-state index is 0.00572. The summed E-state index contributed by atoms with van der Waals surface area (Å²) in [4.78, 5) is 16.4. The molecule has 0 fully saturated rings. The number of rotatable bonds is 4. The maximum Gasteiger partial charge on any atom is 0.257 e. The topological polar surface area (TPSA) is 85.0 Å². The fourth-order valence-corrected chi connectivity index (χ4v) is 2.84. The van der Waals surface area contributed by atoms with E-state index in [0.717, 1.165) is 22.5 Å². The molecule has 0 spiro atoms. The highest BCUT2D eigenvalue weighted by molar-refractivity contribution is 5.86. The molecule has 0 saturated heterocycles. The van der Waals surface area contributed by atoms with E-state index in [4.69, 9.17) is 9.47 Å². The van der Waals surface area contributed by atoms with E-state index in [9.17, 15) is 0 Å². The highest BCUT2D eigenvalue weighted by Gasteiger charge is 2.22. The molecule has 2 N–H and O–H groups in total. The van der Waals surface area contributed by atoms with E-state index < -0.39 is 0 Å². The monoisotopic (exact) mass is 325 g/mol. The molecule has 0 radical (unpaired) electrons. The molecule has 4 heterocycles. The lowest BCUT2D eigenvalue weighted by Crippen LogP contribution is -2.21. The second-order valence-electron chi connectivity index (χ2n) is 6.06. The van der Waals surface area contributed by atoms with E-state index in [1.807, 2.05) is 24.4 Å². The molecule has 124 valence electrons. The normalized spacial score (nSPS) is 14.8. The van der Waals surface area contributed by atoms with Crippen LogP contribution in [0.5, 0.6) is 11.6 Å². The van der Waals surface area contributed by atoms with Crippen LogP contribution < -0.4 is 14.8 Å². The fourth-order valence-electron chi connectivity index (χ4n) is 2.84. The number of pyridine rings is 1. The maximum atomic E-state index is 5.61.